The second-order valence-corrected chi connectivity index (χ2v) is 8.71. The SMILES string of the molecule is COC(C)c1sc(-n2nc(C)c(-c3cccc(F)c3)c2C(=O)O)nc1-c1ccc(C(F)(F)F)cc1. The van der Waals surface area contributed by atoms with E-state index in [0.29, 0.717) is 27.4 Å². The fourth-order valence-electron chi connectivity index (χ4n) is 3.67. The third-order valence-electron chi connectivity index (χ3n) is 5.41. The van der Waals surface area contributed by atoms with Gasteiger partial charge in [0.15, 0.2) is 5.69 Å². The van der Waals surface area contributed by atoms with E-state index in [2.05, 4.69) is 10.1 Å². The Morgan fingerprint density at radius 1 is 1.14 bits per heavy atom. The Hall–Kier alpha value is -3.57. The van der Waals surface area contributed by atoms with E-state index in [-0.39, 0.29) is 16.4 Å². The van der Waals surface area contributed by atoms with Gasteiger partial charge in [0.1, 0.15) is 5.82 Å². The van der Waals surface area contributed by atoms with Gasteiger partial charge in [0.05, 0.1) is 27.9 Å². The van der Waals surface area contributed by atoms with Gasteiger partial charge in [-0.05, 0) is 43.7 Å². The van der Waals surface area contributed by atoms with Crippen molar-refractivity contribution < 1.29 is 32.2 Å². The average Bonchev–Trinajstić information content (AvgIpc) is 3.39. The van der Waals surface area contributed by atoms with Gasteiger partial charge in [-0.25, -0.2) is 14.2 Å². The fourth-order valence-corrected chi connectivity index (χ4v) is 4.74. The van der Waals surface area contributed by atoms with Crippen LogP contribution in [0.15, 0.2) is 48.5 Å². The molecule has 2 heterocycles. The molecule has 0 bridgehead atoms. The molecule has 11 heteroatoms. The summed E-state index contributed by atoms with van der Waals surface area (Å²) in [5.41, 5.74) is 0.683. The van der Waals surface area contributed by atoms with E-state index in [4.69, 9.17) is 4.74 Å². The summed E-state index contributed by atoms with van der Waals surface area (Å²) in [7, 11) is 1.48. The number of hydrogen-bond acceptors (Lipinski definition) is 5. The molecule has 1 N–H and O–H groups in total. The second-order valence-electron chi connectivity index (χ2n) is 7.70. The van der Waals surface area contributed by atoms with Gasteiger partial charge < -0.3 is 9.84 Å². The Morgan fingerprint density at radius 2 is 1.83 bits per heavy atom. The number of halogens is 4. The third kappa shape index (κ3) is 4.69. The number of hydrogen-bond donors (Lipinski definition) is 1. The van der Waals surface area contributed by atoms with Crippen LogP contribution >= 0.6 is 11.3 Å². The monoisotopic (exact) mass is 505 g/mol. The van der Waals surface area contributed by atoms with Crippen molar-refractivity contribution in [1.82, 2.24) is 14.8 Å². The highest BCUT2D eigenvalue weighted by atomic mass is 32.1. The molecule has 4 rings (SSSR count). The molecule has 6 nitrogen and oxygen atoms in total. The molecule has 0 aliphatic heterocycles. The predicted molar refractivity (Wildman–Crippen MR) is 122 cm³/mol. The lowest BCUT2D eigenvalue weighted by Crippen LogP contribution is -2.09. The number of rotatable bonds is 6. The number of aromatic nitrogens is 3. The molecule has 0 spiro atoms. The van der Waals surface area contributed by atoms with Crippen LogP contribution in [-0.4, -0.2) is 33.0 Å². The van der Waals surface area contributed by atoms with Crippen LogP contribution in [0.3, 0.4) is 0 Å². The summed E-state index contributed by atoms with van der Waals surface area (Å²) in [5, 5.41) is 14.5. The highest BCUT2D eigenvalue weighted by molar-refractivity contribution is 7.14. The molecule has 0 amide bonds. The molecule has 0 fully saturated rings. The van der Waals surface area contributed by atoms with E-state index in [9.17, 15) is 27.5 Å². The molecule has 2 aromatic carbocycles. The van der Waals surface area contributed by atoms with Gasteiger partial charge in [-0.15, -0.1) is 0 Å². The first-order chi connectivity index (χ1) is 16.5. The number of nitrogens with zero attached hydrogens (tertiary/aromatic N) is 3. The molecular formula is C24H19F4N3O3S. The lowest BCUT2D eigenvalue weighted by Gasteiger charge is -2.10. The van der Waals surface area contributed by atoms with Crippen LogP contribution in [0.4, 0.5) is 17.6 Å². The molecule has 0 radical (unpaired) electrons. The number of aryl methyl sites for hydroxylation is 1. The van der Waals surface area contributed by atoms with Gasteiger partial charge in [-0.1, -0.05) is 35.6 Å². The van der Waals surface area contributed by atoms with Gasteiger partial charge in [0, 0.05) is 18.2 Å². The Bertz CT molecular complexity index is 1390. The van der Waals surface area contributed by atoms with Crippen LogP contribution < -0.4 is 0 Å². The van der Waals surface area contributed by atoms with E-state index >= 15 is 0 Å². The number of alkyl halides is 3. The lowest BCUT2D eigenvalue weighted by molar-refractivity contribution is -0.137. The summed E-state index contributed by atoms with van der Waals surface area (Å²) in [6.45, 7) is 3.35. The first-order valence-corrected chi connectivity index (χ1v) is 11.1. The first-order valence-electron chi connectivity index (χ1n) is 10.3. The predicted octanol–water partition coefficient (Wildman–Crippen LogP) is 6.53. The van der Waals surface area contributed by atoms with Crippen molar-refractivity contribution in [1.29, 1.82) is 0 Å². The minimum atomic E-state index is -4.48. The zero-order valence-electron chi connectivity index (χ0n) is 18.7. The second kappa shape index (κ2) is 9.23. The summed E-state index contributed by atoms with van der Waals surface area (Å²) < 4.78 is 59.5. The molecule has 0 saturated carbocycles. The van der Waals surface area contributed by atoms with E-state index in [1.807, 2.05) is 0 Å². The number of methoxy groups -OCH3 is 1. The van der Waals surface area contributed by atoms with Crippen LogP contribution in [0.5, 0.6) is 0 Å². The van der Waals surface area contributed by atoms with Crippen LogP contribution in [0, 0.1) is 12.7 Å². The zero-order chi connectivity index (χ0) is 25.5. The molecule has 182 valence electrons. The van der Waals surface area contributed by atoms with Crippen molar-refractivity contribution in [3.63, 3.8) is 0 Å². The van der Waals surface area contributed by atoms with Crippen molar-refractivity contribution in [2.75, 3.05) is 7.11 Å². The van der Waals surface area contributed by atoms with Gasteiger partial charge in [0.25, 0.3) is 0 Å². The fraction of sp³-hybridized carbons (Fsp3) is 0.208. The van der Waals surface area contributed by atoms with E-state index < -0.39 is 29.6 Å². The molecule has 1 atom stereocenters. The number of aromatic carboxylic acids is 1. The summed E-state index contributed by atoms with van der Waals surface area (Å²) in [6, 6.07) is 10.0. The Labute approximate surface area is 201 Å². The molecular weight excluding hydrogens is 486 g/mol. The summed E-state index contributed by atoms with van der Waals surface area (Å²) in [5.74, 6) is -1.82. The first kappa shape index (κ1) is 24.6. The largest absolute Gasteiger partial charge is 0.476 e. The number of carboxylic acids is 1. The van der Waals surface area contributed by atoms with Gasteiger partial charge >= 0.3 is 12.1 Å². The minimum absolute atomic E-state index is 0.182. The standard InChI is InChI=1S/C24H19F4N3O3S/c1-12-18(15-5-4-6-17(25)11-15)20(22(32)33)31(30-12)23-29-19(21(35-23)13(2)34-3)14-7-9-16(10-8-14)24(26,27)28/h4-11,13H,1-3H3,(H,32,33). The number of ether oxygens (including phenoxy) is 1. The van der Waals surface area contributed by atoms with Gasteiger partial charge in [-0.2, -0.15) is 23.0 Å². The Morgan fingerprint density at radius 3 is 2.40 bits per heavy atom. The third-order valence-corrected chi connectivity index (χ3v) is 6.60. The number of thiazole rings is 1. The van der Waals surface area contributed by atoms with Gasteiger partial charge in [-0.3, -0.25) is 0 Å². The summed E-state index contributed by atoms with van der Waals surface area (Å²) in [6.07, 6.45) is -4.96. The molecule has 0 aliphatic rings. The van der Waals surface area contributed by atoms with Crippen molar-refractivity contribution in [3.05, 3.63) is 76.2 Å². The summed E-state index contributed by atoms with van der Waals surface area (Å²) >= 11 is 1.11. The van der Waals surface area contributed by atoms with E-state index in [1.165, 1.54) is 37.4 Å². The lowest BCUT2D eigenvalue weighted by atomic mass is 10.0. The average molecular weight is 505 g/mol. The Balaban J connectivity index is 1.89. The quantitative estimate of drug-likeness (QED) is 0.301. The number of carbonyl (C=O) groups is 1. The molecule has 1 unspecified atom stereocenters. The molecule has 2 aromatic heterocycles. The van der Waals surface area contributed by atoms with Crippen molar-refractivity contribution in [3.8, 4) is 27.5 Å². The zero-order valence-corrected chi connectivity index (χ0v) is 19.5. The maximum atomic E-state index is 13.9. The van der Waals surface area contributed by atoms with Crippen LogP contribution in [0.25, 0.3) is 27.5 Å². The molecule has 0 saturated heterocycles. The normalized spacial score (nSPS) is 12.7. The van der Waals surface area contributed by atoms with E-state index in [1.54, 1.807) is 19.9 Å². The number of benzene rings is 2. The number of carboxylic acid groups (broad SMARTS) is 1. The minimum Gasteiger partial charge on any atom is -0.476 e. The maximum absolute atomic E-state index is 13.9. The van der Waals surface area contributed by atoms with Crippen LogP contribution in [0.1, 0.15) is 39.7 Å². The smallest absolute Gasteiger partial charge is 0.416 e. The molecule has 0 aliphatic carbocycles. The highest BCUT2D eigenvalue weighted by Crippen LogP contribution is 2.39. The van der Waals surface area contributed by atoms with Crippen molar-refractivity contribution in [2.45, 2.75) is 26.1 Å². The Kier molecular flexibility index (Phi) is 6.48. The topological polar surface area (TPSA) is 77.2 Å². The van der Waals surface area contributed by atoms with E-state index in [0.717, 1.165) is 28.2 Å². The van der Waals surface area contributed by atoms with Crippen LogP contribution in [0.2, 0.25) is 0 Å². The van der Waals surface area contributed by atoms with Gasteiger partial charge in [0.2, 0.25) is 5.13 Å². The maximum Gasteiger partial charge on any atom is 0.416 e. The highest BCUT2D eigenvalue weighted by Gasteiger charge is 2.31. The molecule has 35 heavy (non-hydrogen) atoms. The van der Waals surface area contributed by atoms with Crippen molar-refractivity contribution >= 4 is 17.3 Å². The molecule has 4 aromatic rings. The summed E-state index contributed by atoms with van der Waals surface area (Å²) in [4.78, 5) is 17.4. The van der Waals surface area contributed by atoms with Crippen LogP contribution in [-0.2, 0) is 10.9 Å². The van der Waals surface area contributed by atoms with Crippen molar-refractivity contribution in [2.24, 2.45) is 0 Å².